The van der Waals surface area contributed by atoms with Crippen LogP contribution in [-0.2, 0) is 11.2 Å². The summed E-state index contributed by atoms with van der Waals surface area (Å²) < 4.78 is 5.92. The normalized spacial score (nSPS) is 28.3. The molecule has 0 amide bonds. The highest BCUT2D eigenvalue weighted by Crippen LogP contribution is 2.36. The molecule has 0 spiro atoms. The largest absolute Gasteiger partial charge is 0.368 e. The van der Waals surface area contributed by atoms with E-state index < -0.39 is 0 Å². The molecule has 0 aromatic carbocycles. The zero-order chi connectivity index (χ0) is 13.2. The van der Waals surface area contributed by atoms with E-state index in [1.807, 2.05) is 0 Å². The van der Waals surface area contributed by atoms with E-state index >= 15 is 0 Å². The van der Waals surface area contributed by atoms with Crippen LogP contribution in [0.4, 0.5) is 0 Å². The number of aryl methyl sites for hydroxylation is 1. The first-order chi connectivity index (χ1) is 9.28. The summed E-state index contributed by atoms with van der Waals surface area (Å²) in [5, 5.41) is 1.14. The first kappa shape index (κ1) is 13.5. The van der Waals surface area contributed by atoms with E-state index in [0.717, 1.165) is 44.1 Å². The van der Waals surface area contributed by atoms with Crippen molar-refractivity contribution in [2.45, 2.75) is 44.8 Å². The van der Waals surface area contributed by atoms with Gasteiger partial charge in [0.25, 0.3) is 0 Å². The monoisotopic (exact) mass is 281 g/mol. The van der Waals surface area contributed by atoms with Gasteiger partial charge < -0.3 is 10.5 Å². The first-order valence-electron chi connectivity index (χ1n) is 7.37. The molecule has 1 saturated heterocycles. The van der Waals surface area contributed by atoms with Crippen LogP contribution >= 0.6 is 11.3 Å². The molecule has 5 heteroatoms. The van der Waals surface area contributed by atoms with Crippen molar-refractivity contribution < 1.29 is 4.74 Å². The quantitative estimate of drug-likeness (QED) is 0.923. The molecule has 1 aromatic heterocycles. The third kappa shape index (κ3) is 2.84. The van der Waals surface area contributed by atoms with Crippen molar-refractivity contribution in [3.8, 4) is 0 Å². The predicted octanol–water partition coefficient (Wildman–Crippen LogP) is 2.26. The molecule has 2 unspecified atom stereocenters. The standard InChI is InChI=1S/C14H23N3OS/c1-2-6-17-7-8-18-12(9-17)14-16-11-5-3-4-10(15)13(11)19-14/h10,12H,2-9,15H2,1H3. The van der Waals surface area contributed by atoms with Crippen molar-refractivity contribution in [2.24, 2.45) is 5.73 Å². The number of thiazole rings is 1. The zero-order valence-corrected chi connectivity index (χ0v) is 12.4. The Kier molecular flexibility index (Phi) is 4.17. The van der Waals surface area contributed by atoms with Gasteiger partial charge in [0, 0.05) is 24.0 Å². The van der Waals surface area contributed by atoms with Crippen LogP contribution in [0.2, 0.25) is 0 Å². The summed E-state index contributed by atoms with van der Waals surface area (Å²) in [6.07, 6.45) is 4.72. The molecule has 1 aliphatic carbocycles. The minimum absolute atomic E-state index is 0.156. The van der Waals surface area contributed by atoms with E-state index in [-0.39, 0.29) is 12.1 Å². The van der Waals surface area contributed by atoms with Crippen LogP contribution in [-0.4, -0.2) is 36.1 Å². The Morgan fingerprint density at radius 2 is 2.42 bits per heavy atom. The Hall–Kier alpha value is -0.490. The zero-order valence-electron chi connectivity index (χ0n) is 11.6. The van der Waals surface area contributed by atoms with Crippen LogP contribution in [0.15, 0.2) is 0 Å². The molecule has 19 heavy (non-hydrogen) atoms. The summed E-state index contributed by atoms with van der Waals surface area (Å²) >= 11 is 1.78. The predicted molar refractivity (Wildman–Crippen MR) is 77.4 cm³/mol. The van der Waals surface area contributed by atoms with Crippen molar-refractivity contribution in [1.82, 2.24) is 9.88 Å². The molecule has 1 aromatic rings. The topological polar surface area (TPSA) is 51.4 Å². The highest BCUT2D eigenvalue weighted by atomic mass is 32.1. The number of nitrogens with two attached hydrogens (primary N) is 1. The maximum absolute atomic E-state index is 6.18. The molecule has 0 saturated carbocycles. The van der Waals surface area contributed by atoms with Crippen molar-refractivity contribution in [3.05, 3.63) is 15.6 Å². The van der Waals surface area contributed by atoms with E-state index in [4.69, 9.17) is 15.5 Å². The van der Waals surface area contributed by atoms with Crippen LogP contribution in [0, 0.1) is 0 Å². The second-order valence-electron chi connectivity index (χ2n) is 5.52. The van der Waals surface area contributed by atoms with Gasteiger partial charge in [-0.3, -0.25) is 4.90 Å². The van der Waals surface area contributed by atoms with E-state index in [1.165, 1.54) is 23.4 Å². The van der Waals surface area contributed by atoms with Crippen molar-refractivity contribution in [2.75, 3.05) is 26.2 Å². The molecule has 2 aliphatic rings. The van der Waals surface area contributed by atoms with E-state index in [9.17, 15) is 0 Å². The second kappa shape index (κ2) is 5.87. The second-order valence-corrected chi connectivity index (χ2v) is 6.58. The summed E-state index contributed by atoms with van der Waals surface area (Å²) in [5.74, 6) is 0. The van der Waals surface area contributed by atoms with Gasteiger partial charge in [0.1, 0.15) is 11.1 Å². The summed E-state index contributed by atoms with van der Waals surface area (Å²) in [6, 6.07) is 0.199. The molecule has 4 nitrogen and oxygen atoms in total. The number of ether oxygens (including phenoxy) is 1. The van der Waals surface area contributed by atoms with Gasteiger partial charge in [-0.05, 0) is 32.2 Å². The molecule has 2 heterocycles. The maximum atomic E-state index is 6.18. The van der Waals surface area contributed by atoms with Crippen molar-refractivity contribution in [3.63, 3.8) is 0 Å². The third-order valence-corrected chi connectivity index (χ3v) is 5.30. The fraction of sp³-hybridized carbons (Fsp3) is 0.786. The molecule has 3 rings (SSSR count). The van der Waals surface area contributed by atoms with Gasteiger partial charge in [-0.2, -0.15) is 0 Å². The number of nitrogens with zero attached hydrogens (tertiary/aromatic N) is 2. The fourth-order valence-electron chi connectivity index (χ4n) is 2.98. The highest BCUT2D eigenvalue weighted by molar-refractivity contribution is 7.11. The lowest BCUT2D eigenvalue weighted by Gasteiger charge is -2.31. The van der Waals surface area contributed by atoms with Gasteiger partial charge in [0.05, 0.1) is 12.3 Å². The Labute approximate surface area is 119 Å². The van der Waals surface area contributed by atoms with Gasteiger partial charge in [-0.1, -0.05) is 6.92 Å². The molecular weight excluding hydrogens is 258 g/mol. The SMILES string of the molecule is CCCN1CCOC(c2nc3c(s2)C(N)CCC3)C1. The van der Waals surface area contributed by atoms with Gasteiger partial charge in [-0.15, -0.1) is 11.3 Å². The van der Waals surface area contributed by atoms with Crippen molar-refractivity contribution >= 4 is 11.3 Å². The number of aromatic nitrogens is 1. The van der Waals surface area contributed by atoms with Gasteiger partial charge in [0.15, 0.2) is 0 Å². The molecule has 0 radical (unpaired) electrons. The number of hydrogen-bond acceptors (Lipinski definition) is 5. The lowest BCUT2D eigenvalue weighted by Crippen LogP contribution is -2.38. The third-order valence-electron chi connectivity index (χ3n) is 3.98. The van der Waals surface area contributed by atoms with E-state index in [2.05, 4.69) is 11.8 Å². The Morgan fingerprint density at radius 3 is 3.21 bits per heavy atom. The lowest BCUT2D eigenvalue weighted by atomic mass is 9.99. The summed E-state index contributed by atoms with van der Waals surface area (Å²) in [6.45, 7) is 6.24. The molecule has 0 bridgehead atoms. The molecule has 2 N–H and O–H groups in total. The Balaban J connectivity index is 1.75. The van der Waals surface area contributed by atoms with Gasteiger partial charge in [-0.25, -0.2) is 4.98 Å². The van der Waals surface area contributed by atoms with Crippen LogP contribution in [0.5, 0.6) is 0 Å². The molecule has 2 atom stereocenters. The van der Waals surface area contributed by atoms with Gasteiger partial charge >= 0.3 is 0 Å². The minimum atomic E-state index is 0.156. The number of hydrogen-bond donors (Lipinski definition) is 1. The van der Waals surface area contributed by atoms with E-state index in [0.29, 0.717) is 0 Å². The summed E-state index contributed by atoms with van der Waals surface area (Å²) in [5.41, 5.74) is 7.41. The van der Waals surface area contributed by atoms with Crippen molar-refractivity contribution in [1.29, 1.82) is 0 Å². The number of rotatable bonds is 3. The van der Waals surface area contributed by atoms with Crippen LogP contribution in [0.25, 0.3) is 0 Å². The van der Waals surface area contributed by atoms with Crippen LogP contribution in [0.1, 0.15) is 53.9 Å². The molecular formula is C14H23N3OS. The van der Waals surface area contributed by atoms with E-state index in [1.54, 1.807) is 11.3 Å². The minimum Gasteiger partial charge on any atom is -0.368 e. The maximum Gasteiger partial charge on any atom is 0.123 e. The molecule has 1 fully saturated rings. The average Bonchev–Trinajstić information content (AvgIpc) is 2.85. The number of fused-ring (bicyclic) bond motifs is 1. The smallest absolute Gasteiger partial charge is 0.123 e. The first-order valence-corrected chi connectivity index (χ1v) is 8.18. The summed E-state index contributed by atoms with van der Waals surface area (Å²) in [4.78, 5) is 8.59. The summed E-state index contributed by atoms with van der Waals surface area (Å²) in [7, 11) is 0. The van der Waals surface area contributed by atoms with Crippen LogP contribution in [0.3, 0.4) is 0 Å². The molecule has 1 aliphatic heterocycles. The van der Waals surface area contributed by atoms with Gasteiger partial charge in [0.2, 0.25) is 0 Å². The Bertz CT molecular complexity index is 432. The van der Waals surface area contributed by atoms with Crippen LogP contribution < -0.4 is 5.73 Å². The Morgan fingerprint density at radius 1 is 1.53 bits per heavy atom. The molecule has 106 valence electrons. The lowest BCUT2D eigenvalue weighted by molar-refractivity contribution is -0.0299. The fourth-order valence-corrected chi connectivity index (χ4v) is 4.17. The average molecular weight is 281 g/mol. The number of morpholine rings is 1. The highest BCUT2D eigenvalue weighted by Gasteiger charge is 2.28.